The zero-order valence-corrected chi connectivity index (χ0v) is 10.5. The second-order valence-corrected chi connectivity index (χ2v) is 4.17. The molecular weight excluding hydrogens is 232 g/mol. The van der Waals surface area contributed by atoms with Crippen LogP contribution in [0.25, 0.3) is 0 Å². The van der Waals surface area contributed by atoms with Gasteiger partial charge < -0.3 is 10.2 Å². The van der Waals surface area contributed by atoms with Crippen molar-refractivity contribution in [1.82, 2.24) is 4.57 Å². The van der Waals surface area contributed by atoms with Gasteiger partial charge in [-0.05, 0) is 25.8 Å². The summed E-state index contributed by atoms with van der Waals surface area (Å²) in [6.07, 6.45) is 1.15. The maximum atomic E-state index is 12.0. The van der Waals surface area contributed by atoms with Gasteiger partial charge >= 0.3 is 0 Å². The van der Waals surface area contributed by atoms with E-state index >= 15 is 0 Å². The fourth-order valence-electron chi connectivity index (χ4n) is 1.83. The van der Waals surface area contributed by atoms with Crippen molar-refractivity contribution >= 4 is 0 Å². The van der Waals surface area contributed by atoms with Gasteiger partial charge in [-0.2, -0.15) is 5.26 Å². The Kier molecular flexibility index (Phi) is 4.29. The summed E-state index contributed by atoms with van der Waals surface area (Å²) < 4.78 is 1.02. The van der Waals surface area contributed by atoms with Crippen LogP contribution >= 0.6 is 0 Å². The van der Waals surface area contributed by atoms with E-state index in [9.17, 15) is 15.0 Å². The topological polar surface area (TPSA) is 86.2 Å². The van der Waals surface area contributed by atoms with Crippen molar-refractivity contribution in [3.05, 3.63) is 39.7 Å². The van der Waals surface area contributed by atoms with E-state index in [0.717, 1.165) is 4.57 Å². The molecule has 0 saturated heterocycles. The number of hydrogen-bond donors (Lipinski definition) is 2. The molecule has 1 atom stereocenters. The summed E-state index contributed by atoms with van der Waals surface area (Å²) in [4.78, 5) is 12.0. The van der Waals surface area contributed by atoms with Gasteiger partial charge in [0.05, 0.1) is 12.6 Å². The summed E-state index contributed by atoms with van der Waals surface area (Å²) >= 11 is 0. The molecule has 0 aliphatic heterocycles. The Labute approximate surface area is 105 Å². The lowest BCUT2D eigenvalue weighted by molar-refractivity contribution is 0.166. The second-order valence-electron chi connectivity index (χ2n) is 4.17. The van der Waals surface area contributed by atoms with Crippen molar-refractivity contribution in [2.75, 3.05) is 0 Å². The molecule has 0 aliphatic rings. The van der Waals surface area contributed by atoms with Gasteiger partial charge in [0.2, 0.25) is 0 Å². The molecule has 0 aromatic carbocycles. The number of aliphatic hydroxyl groups is 1. The van der Waals surface area contributed by atoms with Crippen LogP contribution in [0.15, 0.2) is 17.4 Å². The summed E-state index contributed by atoms with van der Waals surface area (Å²) in [5.41, 5.74) is 0.357. The standard InChI is InChI=1S/C13H16N2O3/c1-4-5-10-9(3)11(6-14)13(18)15(12(10)17)7-8(2)16/h4,8,16-17H,1,5,7H2,2-3H3. The van der Waals surface area contributed by atoms with Crippen LogP contribution in [-0.2, 0) is 13.0 Å². The van der Waals surface area contributed by atoms with Crippen LogP contribution in [0, 0.1) is 18.3 Å². The van der Waals surface area contributed by atoms with Crippen LogP contribution in [0.1, 0.15) is 23.6 Å². The Morgan fingerprint density at radius 2 is 2.22 bits per heavy atom. The predicted octanol–water partition coefficient (Wildman–Crippen LogP) is 0.843. The first-order chi connectivity index (χ1) is 8.43. The molecule has 1 rings (SSSR count). The molecule has 0 amide bonds. The number of aliphatic hydroxyl groups excluding tert-OH is 1. The number of aromatic nitrogens is 1. The van der Waals surface area contributed by atoms with Crippen molar-refractivity contribution in [2.24, 2.45) is 0 Å². The van der Waals surface area contributed by atoms with Gasteiger partial charge in [-0.1, -0.05) is 6.08 Å². The summed E-state index contributed by atoms with van der Waals surface area (Å²) in [7, 11) is 0. The first-order valence-corrected chi connectivity index (χ1v) is 5.58. The molecule has 0 spiro atoms. The first-order valence-electron chi connectivity index (χ1n) is 5.58. The van der Waals surface area contributed by atoms with E-state index in [0.29, 0.717) is 17.5 Å². The third kappa shape index (κ3) is 2.44. The van der Waals surface area contributed by atoms with Crippen LogP contribution in [0.3, 0.4) is 0 Å². The summed E-state index contributed by atoms with van der Waals surface area (Å²) in [5, 5.41) is 28.4. The van der Waals surface area contributed by atoms with Crippen molar-refractivity contribution in [2.45, 2.75) is 32.9 Å². The van der Waals surface area contributed by atoms with Crippen molar-refractivity contribution in [1.29, 1.82) is 5.26 Å². The average molecular weight is 248 g/mol. The largest absolute Gasteiger partial charge is 0.494 e. The highest BCUT2D eigenvalue weighted by Crippen LogP contribution is 2.22. The van der Waals surface area contributed by atoms with Gasteiger partial charge in [-0.15, -0.1) is 6.58 Å². The minimum absolute atomic E-state index is 0.00898. The summed E-state index contributed by atoms with van der Waals surface area (Å²) in [5.74, 6) is -0.211. The monoisotopic (exact) mass is 248 g/mol. The smallest absolute Gasteiger partial charge is 0.271 e. The molecule has 1 unspecified atom stereocenters. The number of hydrogen-bond acceptors (Lipinski definition) is 4. The van der Waals surface area contributed by atoms with E-state index < -0.39 is 11.7 Å². The number of rotatable bonds is 4. The van der Waals surface area contributed by atoms with Crippen LogP contribution in [-0.4, -0.2) is 20.9 Å². The van der Waals surface area contributed by atoms with E-state index in [4.69, 9.17) is 5.26 Å². The highest BCUT2D eigenvalue weighted by Gasteiger charge is 2.18. The van der Waals surface area contributed by atoms with E-state index in [1.807, 2.05) is 6.07 Å². The molecule has 0 fully saturated rings. The van der Waals surface area contributed by atoms with Crippen LogP contribution in [0.2, 0.25) is 0 Å². The maximum Gasteiger partial charge on any atom is 0.271 e. The fourth-order valence-corrected chi connectivity index (χ4v) is 1.83. The van der Waals surface area contributed by atoms with Crippen molar-refractivity contribution in [3.63, 3.8) is 0 Å². The van der Waals surface area contributed by atoms with Gasteiger partial charge in [0.15, 0.2) is 5.88 Å². The van der Waals surface area contributed by atoms with Gasteiger partial charge in [-0.25, -0.2) is 0 Å². The van der Waals surface area contributed by atoms with Gasteiger partial charge in [0, 0.05) is 5.56 Å². The van der Waals surface area contributed by atoms with Crippen molar-refractivity contribution < 1.29 is 10.2 Å². The lowest BCUT2D eigenvalue weighted by Crippen LogP contribution is -2.29. The van der Waals surface area contributed by atoms with Crippen LogP contribution in [0.5, 0.6) is 5.88 Å². The van der Waals surface area contributed by atoms with E-state index in [-0.39, 0.29) is 18.0 Å². The molecule has 1 aromatic heterocycles. The van der Waals surface area contributed by atoms with E-state index in [1.54, 1.807) is 13.0 Å². The normalized spacial score (nSPS) is 11.9. The quantitative estimate of drug-likeness (QED) is 0.773. The summed E-state index contributed by atoms with van der Waals surface area (Å²) in [6.45, 7) is 6.65. The molecule has 18 heavy (non-hydrogen) atoms. The van der Waals surface area contributed by atoms with Crippen LogP contribution < -0.4 is 5.56 Å². The highest BCUT2D eigenvalue weighted by molar-refractivity contribution is 5.46. The summed E-state index contributed by atoms with van der Waals surface area (Å²) in [6, 6.07) is 1.84. The Bertz CT molecular complexity index is 565. The predicted molar refractivity (Wildman–Crippen MR) is 67.4 cm³/mol. The molecule has 5 nitrogen and oxygen atoms in total. The van der Waals surface area contributed by atoms with Gasteiger partial charge in [0.25, 0.3) is 5.56 Å². The lowest BCUT2D eigenvalue weighted by Gasteiger charge is -2.16. The molecular formula is C13H16N2O3. The number of pyridine rings is 1. The Morgan fingerprint density at radius 1 is 1.61 bits per heavy atom. The van der Waals surface area contributed by atoms with Crippen LogP contribution in [0.4, 0.5) is 0 Å². The van der Waals surface area contributed by atoms with E-state index in [1.165, 1.54) is 6.92 Å². The molecule has 1 aromatic rings. The lowest BCUT2D eigenvalue weighted by atomic mass is 10.0. The molecule has 5 heteroatoms. The molecule has 1 heterocycles. The third-order valence-electron chi connectivity index (χ3n) is 2.72. The van der Waals surface area contributed by atoms with Gasteiger partial charge in [0.1, 0.15) is 11.6 Å². The molecule has 2 N–H and O–H groups in total. The molecule has 96 valence electrons. The van der Waals surface area contributed by atoms with Gasteiger partial charge in [-0.3, -0.25) is 9.36 Å². The highest BCUT2D eigenvalue weighted by atomic mass is 16.3. The Hall–Kier alpha value is -2.06. The molecule has 0 saturated carbocycles. The fraction of sp³-hybridized carbons (Fsp3) is 0.385. The first kappa shape index (κ1) is 14.0. The Morgan fingerprint density at radius 3 is 2.67 bits per heavy atom. The minimum Gasteiger partial charge on any atom is -0.494 e. The molecule has 0 radical (unpaired) electrons. The number of aromatic hydroxyl groups is 1. The number of allylic oxidation sites excluding steroid dienone is 1. The average Bonchev–Trinajstić information content (AvgIpc) is 2.31. The van der Waals surface area contributed by atoms with E-state index in [2.05, 4.69) is 6.58 Å². The maximum absolute atomic E-state index is 12.0. The van der Waals surface area contributed by atoms with Crippen molar-refractivity contribution in [3.8, 4) is 11.9 Å². The zero-order chi connectivity index (χ0) is 13.9. The number of nitriles is 1. The minimum atomic E-state index is -0.792. The molecule has 0 bridgehead atoms. The third-order valence-corrected chi connectivity index (χ3v) is 2.72. The Balaban J connectivity index is 3.62. The zero-order valence-electron chi connectivity index (χ0n) is 10.5. The number of nitrogens with zero attached hydrogens (tertiary/aromatic N) is 2. The molecule has 0 aliphatic carbocycles. The SMILES string of the molecule is C=CCc1c(C)c(C#N)c(=O)n(CC(C)O)c1O. The second kappa shape index (κ2) is 5.52.